The Bertz CT molecular complexity index is 494. The number of nitrogens with two attached hydrogens (primary N) is 1. The van der Waals surface area contributed by atoms with Gasteiger partial charge in [-0.1, -0.05) is 6.07 Å². The summed E-state index contributed by atoms with van der Waals surface area (Å²) in [6.07, 6.45) is 1.09. The van der Waals surface area contributed by atoms with Crippen molar-refractivity contribution in [2.75, 3.05) is 25.2 Å². The third-order valence-corrected chi connectivity index (χ3v) is 3.48. The van der Waals surface area contributed by atoms with E-state index in [4.69, 9.17) is 15.2 Å². The molecule has 2 N–H and O–H groups in total. The third kappa shape index (κ3) is 2.12. The Morgan fingerprint density at radius 3 is 2.62 bits per heavy atom. The molecule has 5 nitrogen and oxygen atoms in total. The number of rotatable bonds is 3. The summed E-state index contributed by atoms with van der Waals surface area (Å²) in [5.74, 6) is 0.399. The zero-order valence-electron chi connectivity index (χ0n) is 8.84. The van der Waals surface area contributed by atoms with Crippen molar-refractivity contribution in [1.29, 1.82) is 0 Å². The molecule has 0 atom stereocenters. The van der Waals surface area contributed by atoms with Gasteiger partial charge >= 0.3 is 0 Å². The number of ether oxygens (including phenoxy) is 2. The Labute approximate surface area is 94.1 Å². The van der Waals surface area contributed by atoms with Crippen LogP contribution in [-0.4, -0.2) is 34.0 Å². The second kappa shape index (κ2) is 3.95. The van der Waals surface area contributed by atoms with Crippen molar-refractivity contribution in [2.45, 2.75) is 11.0 Å². The maximum atomic E-state index is 11.4. The van der Waals surface area contributed by atoms with Gasteiger partial charge in [0.2, 0.25) is 0 Å². The van der Waals surface area contributed by atoms with Crippen LogP contribution in [0.1, 0.15) is 0 Å². The van der Waals surface area contributed by atoms with E-state index in [0.717, 1.165) is 6.26 Å². The van der Waals surface area contributed by atoms with E-state index in [9.17, 15) is 8.42 Å². The fourth-order valence-corrected chi connectivity index (χ4v) is 2.24. The number of para-hydroxylation sites is 1. The smallest absolute Gasteiger partial charge is 0.177 e. The lowest BCUT2D eigenvalue weighted by Gasteiger charge is -2.27. The van der Waals surface area contributed by atoms with Crippen molar-refractivity contribution >= 4 is 15.5 Å². The maximum absolute atomic E-state index is 11.4. The number of hydrogen-bond donors (Lipinski definition) is 1. The first-order valence-corrected chi connectivity index (χ1v) is 6.70. The lowest BCUT2D eigenvalue weighted by molar-refractivity contribution is -0.0794. The molecule has 16 heavy (non-hydrogen) atoms. The number of sulfone groups is 1. The zero-order chi connectivity index (χ0) is 11.8. The zero-order valence-corrected chi connectivity index (χ0v) is 9.66. The molecular formula is C10H13NO4S. The van der Waals surface area contributed by atoms with Crippen LogP contribution in [0.4, 0.5) is 5.69 Å². The summed E-state index contributed by atoms with van der Waals surface area (Å²) in [5.41, 5.74) is 5.92. The van der Waals surface area contributed by atoms with Gasteiger partial charge in [0.05, 0.1) is 23.8 Å². The minimum atomic E-state index is -3.32. The van der Waals surface area contributed by atoms with E-state index in [1.165, 1.54) is 6.07 Å². The molecule has 0 aromatic heterocycles. The summed E-state index contributed by atoms with van der Waals surface area (Å²) in [7, 11) is -3.32. The number of anilines is 1. The number of benzene rings is 1. The monoisotopic (exact) mass is 243 g/mol. The molecule has 1 saturated heterocycles. The summed E-state index contributed by atoms with van der Waals surface area (Å²) in [4.78, 5) is 0.102. The molecule has 1 heterocycles. The topological polar surface area (TPSA) is 78.6 Å². The summed E-state index contributed by atoms with van der Waals surface area (Å²) >= 11 is 0. The Morgan fingerprint density at radius 2 is 2.12 bits per heavy atom. The average Bonchev–Trinajstić information content (AvgIpc) is 2.11. The first-order valence-electron chi connectivity index (χ1n) is 4.81. The van der Waals surface area contributed by atoms with Gasteiger partial charge in [0.15, 0.2) is 9.84 Å². The Kier molecular flexibility index (Phi) is 2.77. The SMILES string of the molecule is CS(=O)(=O)c1cccc(OC2COC2)c1N. The Hall–Kier alpha value is -1.27. The van der Waals surface area contributed by atoms with Crippen LogP contribution < -0.4 is 10.5 Å². The lowest BCUT2D eigenvalue weighted by atomic mass is 10.2. The highest BCUT2D eigenvalue weighted by molar-refractivity contribution is 7.90. The van der Waals surface area contributed by atoms with Crippen LogP contribution >= 0.6 is 0 Å². The standard InChI is InChI=1S/C10H13NO4S/c1-16(12,13)9-4-2-3-8(10(9)11)15-7-5-14-6-7/h2-4,7H,5-6,11H2,1H3. The Morgan fingerprint density at radius 1 is 1.44 bits per heavy atom. The maximum Gasteiger partial charge on any atom is 0.177 e. The first kappa shape index (κ1) is 11.2. The Balaban J connectivity index is 2.32. The normalized spacial score (nSPS) is 16.8. The molecule has 0 saturated carbocycles. The average molecular weight is 243 g/mol. The minimum Gasteiger partial charge on any atom is -0.483 e. The van der Waals surface area contributed by atoms with Gasteiger partial charge < -0.3 is 15.2 Å². The van der Waals surface area contributed by atoms with Crippen molar-refractivity contribution in [3.05, 3.63) is 18.2 Å². The highest BCUT2D eigenvalue weighted by atomic mass is 32.2. The summed E-state index contributed by atoms with van der Waals surface area (Å²) < 4.78 is 33.3. The van der Waals surface area contributed by atoms with Crippen LogP contribution in [0.15, 0.2) is 23.1 Å². The predicted molar refractivity (Wildman–Crippen MR) is 59.2 cm³/mol. The highest BCUT2D eigenvalue weighted by Crippen LogP contribution is 2.30. The highest BCUT2D eigenvalue weighted by Gasteiger charge is 2.22. The van der Waals surface area contributed by atoms with E-state index in [2.05, 4.69) is 0 Å². The van der Waals surface area contributed by atoms with Crippen LogP contribution in [-0.2, 0) is 14.6 Å². The predicted octanol–water partition coefficient (Wildman–Crippen LogP) is 0.450. The van der Waals surface area contributed by atoms with E-state index < -0.39 is 9.84 Å². The van der Waals surface area contributed by atoms with E-state index in [-0.39, 0.29) is 16.7 Å². The molecule has 0 unspecified atom stereocenters. The molecule has 0 radical (unpaired) electrons. The van der Waals surface area contributed by atoms with Crippen molar-refractivity contribution in [1.82, 2.24) is 0 Å². The molecule has 0 amide bonds. The molecule has 6 heteroatoms. The van der Waals surface area contributed by atoms with Crippen LogP contribution in [0.2, 0.25) is 0 Å². The molecule has 1 aromatic rings. The summed E-state index contributed by atoms with van der Waals surface area (Å²) in [6.45, 7) is 1.03. The molecule has 1 fully saturated rings. The molecule has 1 aliphatic rings. The van der Waals surface area contributed by atoms with E-state index in [0.29, 0.717) is 19.0 Å². The molecule has 0 spiro atoms. The fraction of sp³-hybridized carbons (Fsp3) is 0.400. The van der Waals surface area contributed by atoms with Gasteiger partial charge in [0, 0.05) is 6.26 Å². The lowest BCUT2D eigenvalue weighted by Crippen LogP contribution is -2.38. The van der Waals surface area contributed by atoms with E-state index >= 15 is 0 Å². The fourth-order valence-electron chi connectivity index (χ4n) is 1.41. The van der Waals surface area contributed by atoms with Crippen LogP contribution in [0, 0.1) is 0 Å². The molecule has 0 aliphatic carbocycles. The van der Waals surface area contributed by atoms with Crippen molar-refractivity contribution in [2.24, 2.45) is 0 Å². The summed E-state index contributed by atoms with van der Waals surface area (Å²) in [6, 6.07) is 4.73. The molecule has 2 rings (SSSR count). The van der Waals surface area contributed by atoms with Crippen LogP contribution in [0.25, 0.3) is 0 Å². The summed E-state index contributed by atoms with van der Waals surface area (Å²) in [5, 5.41) is 0. The van der Waals surface area contributed by atoms with Gasteiger partial charge in [-0.15, -0.1) is 0 Å². The van der Waals surface area contributed by atoms with Gasteiger partial charge in [0.25, 0.3) is 0 Å². The van der Waals surface area contributed by atoms with Gasteiger partial charge in [-0.2, -0.15) is 0 Å². The van der Waals surface area contributed by atoms with Crippen molar-refractivity contribution in [3.63, 3.8) is 0 Å². The van der Waals surface area contributed by atoms with E-state index in [1.54, 1.807) is 12.1 Å². The third-order valence-electron chi connectivity index (χ3n) is 2.33. The molecule has 0 bridgehead atoms. The molecular weight excluding hydrogens is 230 g/mol. The van der Waals surface area contributed by atoms with Gasteiger partial charge in [-0.3, -0.25) is 0 Å². The molecule has 1 aromatic carbocycles. The first-order chi connectivity index (χ1) is 7.48. The van der Waals surface area contributed by atoms with Gasteiger partial charge in [-0.05, 0) is 12.1 Å². The van der Waals surface area contributed by atoms with Crippen molar-refractivity contribution < 1.29 is 17.9 Å². The van der Waals surface area contributed by atoms with Crippen molar-refractivity contribution in [3.8, 4) is 5.75 Å². The van der Waals surface area contributed by atoms with Gasteiger partial charge in [-0.25, -0.2) is 8.42 Å². The largest absolute Gasteiger partial charge is 0.483 e. The van der Waals surface area contributed by atoms with Gasteiger partial charge in [0.1, 0.15) is 11.9 Å². The number of nitrogen functional groups attached to an aromatic ring is 1. The molecule has 1 aliphatic heterocycles. The minimum absolute atomic E-state index is 0.0305. The molecule has 88 valence electrons. The quantitative estimate of drug-likeness (QED) is 0.780. The number of hydrogen-bond acceptors (Lipinski definition) is 5. The second-order valence-corrected chi connectivity index (χ2v) is 5.70. The second-order valence-electron chi connectivity index (χ2n) is 3.72. The van der Waals surface area contributed by atoms with E-state index in [1.807, 2.05) is 0 Å². The van der Waals surface area contributed by atoms with Crippen LogP contribution in [0.5, 0.6) is 5.75 Å². The van der Waals surface area contributed by atoms with Crippen LogP contribution in [0.3, 0.4) is 0 Å².